The van der Waals surface area contributed by atoms with Gasteiger partial charge in [0.25, 0.3) is 5.91 Å². The molecule has 8 nitrogen and oxygen atoms in total. The Hall–Kier alpha value is -3.12. The van der Waals surface area contributed by atoms with E-state index in [4.69, 9.17) is 11.2 Å². The summed E-state index contributed by atoms with van der Waals surface area (Å²) < 4.78 is 19.5. The van der Waals surface area contributed by atoms with Crippen LogP contribution in [0.5, 0.6) is 0 Å². The number of hydrogen-bond acceptors (Lipinski definition) is 6. The number of anilines is 1. The Balaban J connectivity index is 1.66. The zero-order valence-electron chi connectivity index (χ0n) is 17.6. The van der Waals surface area contributed by atoms with Gasteiger partial charge in [0.2, 0.25) is 5.91 Å². The first-order valence-corrected chi connectivity index (χ1v) is 10.4. The summed E-state index contributed by atoms with van der Waals surface area (Å²) in [6, 6.07) is 2.20. The number of esters is 1. The lowest BCUT2D eigenvalue weighted by molar-refractivity contribution is -0.143. The highest BCUT2D eigenvalue weighted by molar-refractivity contribution is 5.99. The Kier molecular flexibility index (Phi) is 7.47. The van der Waals surface area contributed by atoms with Crippen LogP contribution >= 0.6 is 0 Å². The third kappa shape index (κ3) is 5.52. The third-order valence-corrected chi connectivity index (χ3v) is 5.35. The molecule has 1 saturated heterocycles. The highest BCUT2D eigenvalue weighted by Crippen LogP contribution is 2.28. The Bertz CT molecular complexity index is 892. The molecule has 0 radical (unpaired) electrons. The molecule has 3 rings (SSSR count). The summed E-state index contributed by atoms with van der Waals surface area (Å²) in [5.74, 6) is 0.719. The van der Waals surface area contributed by atoms with Gasteiger partial charge in [-0.05, 0) is 31.0 Å². The van der Waals surface area contributed by atoms with Gasteiger partial charge in [-0.2, -0.15) is 0 Å². The van der Waals surface area contributed by atoms with Crippen LogP contribution < -0.4 is 15.5 Å². The number of ether oxygens (including phenoxy) is 1. The minimum atomic E-state index is -0.813. The second-order valence-electron chi connectivity index (χ2n) is 7.47. The van der Waals surface area contributed by atoms with E-state index in [1.54, 1.807) is 13.0 Å². The van der Waals surface area contributed by atoms with E-state index in [-0.39, 0.29) is 31.3 Å². The van der Waals surface area contributed by atoms with Gasteiger partial charge in [0.15, 0.2) is 0 Å². The minimum Gasteiger partial charge on any atom is -0.466 e. The molecule has 166 valence electrons. The van der Waals surface area contributed by atoms with Crippen LogP contribution in [0.4, 0.5) is 10.1 Å². The molecule has 0 unspecified atom stereocenters. The van der Waals surface area contributed by atoms with E-state index in [1.165, 1.54) is 11.0 Å². The predicted molar refractivity (Wildman–Crippen MR) is 113 cm³/mol. The summed E-state index contributed by atoms with van der Waals surface area (Å²) in [6.45, 7) is 4.82. The largest absolute Gasteiger partial charge is 0.466 e. The van der Waals surface area contributed by atoms with Crippen LogP contribution in [0.2, 0.25) is 0 Å². The van der Waals surface area contributed by atoms with Crippen LogP contribution in [0.15, 0.2) is 12.1 Å². The summed E-state index contributed by atoms with van der Waals surface area (Å²) in [5, 5.41) is 5.79. The molecule has 1 atom stereocenters. The first kappa shape index (κ1) is 22.6. The van der Waals surface area contributed by atoms with Gasteiger partial charge in [-0.25, -0.2) is 4.39 Å². The number of carbonyl (C=O) groups is 3. The van der Waals surface area contributed by atoms with E-state index in [9.17, 15) is 18.8 Å². The smallest absolute Gasteiger partial charge is 0.308 e. The Morgan fingerprint density at radius 1 is 1.32 bits per heavy atom. The topological polar surface area (TPSA) is 91.0 Å². The third-order valence-electron chi connectivity index (χ3n) is 5.35. The molecule has 0 spiro atoms. The number of nitrogens with one attached hydrogen (secondary N) is 2. The fourth-order valence-electron chi connectivity index (χ4n) is 3.79. The zero-order chi connectivity index (χ0) is 22.4. The van der Waals surface area contributed by atoms with E-state index in [0.29, 0.717) is 42.9 Å². The lowest BCUT2D eigenvalue weighted by atomic mass is 9.97. The molecule has 1 aromatic rings. The molecule has 2 heterocycles. The van der Waals surface area contributed by atoms with Crippen molar-refractivity contribution in [2.75, 3.05) is 50.8 Å². The van der Waals surface area contributed by atoms with Crippen LogP contribution in [-0.2, 0) is 20.7 Å². The van der Waals surface area contributed by atoms with Gasteiger partial charge >= 0.3 is 5.97 Å². The molecule has 0 aromatic heterocycles. The fourth-order valence-corrected chi connectivity index (χ4v) is 3.79. The standard InChI is InChI=1S/C22H27FN4O4/c1-3-16(12-21(29)31-4-2)25-20(28)14-27-8-5-15-11-18(23)19(13-17(15)22(27)30)26-9-6-24-7-10-26/h1,11,13,16,24H,4-10,12,14H2,2H3,(H,25,28)/t16-/m1/s1. The summed E-state index contributed by atoms with van der Waals surface area (Å²) in [6.07, 6.45) is 5.71. The van der Waals surface area contributed by atoms with Crippen LogP contribution in [-0.4, -0.2) is 74.6 Å². The number of fused-ring (bicyclic) bond motifs is 1. The van der Waals surface area contributed by atoms with E-state index >= 15 is 0 Å². The van der Waals surface area contributed by atoms with Gasteiger partial charge in [-0.3, -0.25) is 14.4 Å². The Morgan fingerprint density at radius 3 is 2.74 bits per heavy atom. The molecule has 2 aliphatic rings. The summed E-state index contributed by atoms with van der Waals surface area (Å²) in [5.41, 5.74) is 1.46. The quantitative estimate of drug-likeness (QED) is 0.478. The summed E-state index contributed by atoms with van der Waals surface area (Å²) in [4.78, 5) is 40.3. The molecule has 0 bridgehead atoms. The molecule has 0 saturated carbocycles. The van der Waals surface area contributed by atoms with E-state index < -0.39 is 17.9 Å². The van der Waals surface area contributed by atoms with Crippen LogP contribution in [0.3, 0.4) is 0 Å². The fraction of sp³-hybridized carbons (Fsp3) is 0.500. The number of benzene rings is 1. The molecule has 2 aliphatic heterocycles. The van der Waals surface area contributed by atoms with Crippen LogP contribution in [0.1, 0.15) is 29.3 Å². The average Bonchev–Trinajstić information content (AvgIpc) is 2.75. The van der Waals surface area contributed by atoms with Crippen molar-refractivity contribution in [2.45, 2.75) is 25.8 Å². The number of hydrogen-bond donors (Lipinski definition) is 2. The molecule has 0 aliphatic carbocycles. The first-order chi connectivity index (χ1) is 14.9. The van der Waals surface area contributed by atoms with Crippen molar-refractivity contribution in [3.63, 3.8) is 0 Å². The van der Waals surface area contributed by atoms with E-state index in [1.807, 2.05) is 4.90 Å². The number of nitrogens with zero attached hydrogens (tertiary/aromatic N) is 2. The molecule has 31 heavy (non-hydrogen) atoms. The van der Waals surface area contributed by atoms with Crippen molar-refractivity contribution < 1.29 is 23.5 Å². The van der Waals surface area contributed by atoms with Crippen molar-refractivity contribution in [1.29, 1.82) is 0 Å². The van der Waals surface area contributed by atoms with Gasteiger partial charge in [-0.15, -0.1) is 6.42 Å². The van der Waals surface area contributed by atoms with Crippen LogP contribution in [0.25, 0.3) is 0 Å². The SMILES string of the molecule is C#C[C@H](CC(=O)OCC)NC(=O)CN1CCc2cc(F)c(N3CCNCC3)cc2C1=O. The number of carbonyl (C=O) groups excluding carboxylic acids is 3. The monoisotopic (exact) mass is 430 g/mol. The molecule has 2 N–H and O–H groups in total. The molecule has 1 fully saturated rings. The van der Waals surface area contributed by atoms with Gasteiger partial charge < -0.3 is 25.2 Å². The number of piperazine rings is 1. The predicted octanol–water partition coefficient (Wildman–Crippen LogP) is 0.305. The summed E-state index contributed by atoms with van der Waals surface area (Å²) >= 11 is 0. The minimum absolute atomic E-state index is 0.139. The molecule has 2 amide bonds. The highest BCUT2D eigenvalue weighted by atomic mass is 19.1. The molecule has 9 heteroatoms. The van der Waals surface area contributed by atoms with Crippen LogP contribution in [0, 0.1) is 18.2 Å². The van der Waals surface area contributed by atoms with E-state index in [0.717, 1.165) is 13.1 Å². The molecular weight excluding hydrogens is 403 g/mol. The van der Waals surface area contributed by atoms with E-state index in [2.05, 4.69) is 16.6 Å². The number of amides is 2. The van der Waals surface area contributed by atoms with Gasteiger partial charge in [0, 0.05) is 38.3 Å². The van der Waals surface area contributed by atoms with Crippen molar-refractivity contribution in [1.82, 2.24) is 15.5 Å². The Labute approximate surface area is 181 Å². The maximum Gasteiger partial charge on any atom is 0.308 e. The maximum atomic E-state index is 14.6. The molecular formula is C22H27FN4O4. The second-order valence-corrected chi connectivity index (χ2v) is 7.47. The van der Waals surface area contributed by atoms with Gasteiger partial charge in [-0.1, -0.05) is 5.92 Å². The highest BCUT2D eigenvalue weighted by Gasteiger charge is 2.29. The lowest BCUT2D eigenvalue weighted by Crippen LogP contribution is -2.47. The average molecular weight is 430 g/mol. The second kappa shape index (κ2) is 10.3. The van der Waals surface area contributed by atoms with Crippen molar-refractivity contribution >= 4 is 23.5 Å². The van der Waals surface area contributed by atoms with Crippen molar-refractivity contribution in [3.8, 4) is 12.3 Å². The summed E-state index contributed by atoms with van der Waals surface area (Å²) in [7, 11) is 0. The molecule has 1 aromatic carbocycles. The maximum absolute atomic E-state index is 14.6. The van der Waals surface area contributed by atoms with Crippen molar-refractivity contribution in [2.24, 2.45) is 0 Å². The first-order valence-electron chi connectivity index (χ1n) is 10.4. The van der Waals surface area contributed by atoms with Crippen molar-refractivity contribution in [3.05, 3.63) is 29.1 Å². The zero-order valence-corrected chi connectivity index (χ0v) is 17.6. The Morgan fingerprint density at radius 2 is 2.06 bits per heavy atom. The number of rotatable bonds is 7. The number of terminal acetylenes is 1. The van der Waals surface area contributed by atoms with Gasteiger partial charge in [0.1, 0.15) is 11.9 Å². The van der Waals surface area contributed by atoms with Gasteiger partial charge in [0.05, 0.1) is 25.3 Å². The normalized spacial score (nSPS) is 16.9. The lowest BCUT2D eigenvalue weighted by Gasteiger charge is -2.32. The number of halogens is 1.